The highest BCUT2D eigenvalue weighted by atomic mass is 35.5. The highest BCUT2D eigenvalue weighted by Gasteiger charge is 2.42. The average Bonchev–Trinajstić information content (AvgIpc) is 3.03. The molecule has 1 aromatic carbocycles. The summed E-state index contributed by atoms with van der Waals surface area (Å²) in [6.07, 6.45) is 4.38. The molecule has 0 heterocycles. The third-order valence-corrected chi connectivity index (χ3v) is 5.00. The Morgan fingerprint density at radius 2 is 2.24 bits per heavy atom. The number of halogens is 2. The standard InChI is InChI=1S/C16H20ClFN2O/c17-11-4-2-5-12(18)16(11)10-8-14(10)20-15(21)7-9-3-1-6-13(9)19/h2,4-5,9-10,13-14H,1,3,6-8,19H2,(H,20,21)/t9-,10?,13+,14?/m0/s1. The first kappa shape index (κ1) is 14.8. The van der Waals surface area contributed by atoms with Gasteiger partial charge in [0, 0.05) is 35.0 Å². The lowest BCUT2D eigenvalue weighted by atomic mass is 10.00. The number of carbonyl (C=O) groups excluding carboxylic acids is 1. The zero-order valence-electron chi connectivity index (χ0n) is 11.8. The monoisotopic (exact) mass is 310 g/mol. The SMILES string of the molecule is N[C@@H]1CCC[C@H]1CC(=O)NC1CC1c1c(F)cccc1Cl. The van der Waals surface area contributed by atoms with E-state index in [9.17, 15) is 9.18 Å². The molecule has 4 atom stereocenters. The van der Waals surface area contributed by atoms with Gasteiger partial charge in [-0.05, 0) is 37.3 Å². The van der Waals surface area contributed by atoms with Crippen LogP contribution in [0.1, 0.15) is 43.6 Å². The molecule has 0 aromatic heterocycles. The average molecular weight is 311 g/mol. The molecule has 0 spiro atoms. The minimum absolute atomic E-state index is 0.0000912. The molecular weight excluding hydrogens is 291 g/mol. The second-order valence-electron chi connectivity index (χ2n) is 6.21. The predicted molar refractivity (Wildman–Crippen MR) is 80.6 cm³/mol. The molecule has 3 nitrogen and oxygen atoms in total. The molecule has 2 unspecified atom stereocenters. The molecule has 3 N–H and O–H groups in total. The van der Waals surface area contributed by atoms with Gasteiger partial charge in [0.25, 0.3) is 0 Å². The summed E-state index contributed by atoms with van der Waals surface area (Å²) in [7, 11) is 0. The van der Waals surface area contributed by atoms with Gasteiger partial charge < -0.3 is 11.1 Å². The maximum Gasteiger partial charge on any atom is 0.220 e. The van der Waals surface area contributed by atoms with Crippen LogP contribution in [0.2, 0.25) is 5.02 Å². The summed E-state index contributed by atoms with van der Waals surface area (Å²) in [6, 6.07) is 4.85. The van der Waals surface area contributed by atoms with E-state index in [-0.39, 0.29) is 29.7 Å². The lowest BCUT2D eigenvalue weighted by Crippen LogP contribution is -2.33. The highest BCUT2D eigenvalue weighted by molar-refractivity contribution is 6.31. The number of hydrogen-bond acceptors (Lipinski definition) is 2. The molecular formula is C16H20ClFN2O. The van der Waals surface area contributed by atoms with Crippen molar-refractivity contribution in [3.8, 4) is 0 Å². The number of nitrogens with two attached hydrogens (primary N) is 1. The van der Waals surface area contributed by atoms with Gasteiger partial charge in [0.1, 0.15) is 5.82 Å². The van der Waals surface area contributed by atoms with E-state index in [0.717, 1.165) is 25.7 Å². The maximum atomic E-state index is 13.8. The van der Waals surface area contributed by atoms with Gasteiger partial charge in [-0.1, -0.05) is 24.1 Å². The lowest BCUT2D eigenvalue weighted by Gasteiger charge is -2.15. The first-order valence-electron chi connectivity index (χ1n) is 7.55. The first-order valence-corrected chi connectivity index (χ1v) is 7.93. The topological polar surface area (TPSA) is 55.1 Å². The molecule has 114 valence electrons. The van der Waals surface area contributed by atoms with Crippen LogP contribution in [0, 0.1) is 11.7 Å². The fraction of sp³-hybridized carbons (Fsp3) is 0.562. The largest absolute Gasteiger partial charge is 0.353 e. The van der Waals surface area contributed by atoms with Crippen molar-refractivity contribution in [2.45, 2.75) is 50.1 Å². The maximum absolute atomic E-state index is 13.8. The molecule has 0 radical (unpaired) electrons. The van der Waals surface area contributed by atoms with Crippen molar-refractivity contribution in [3.63, 3.8) is 0 Å². The van der Waals surface area contributed by atoms with Crippen molar-refractivity contribution < 1.29 is 9.18 Å². The first-order chi connectivity index (χ1) is 10.1. The van der Waals surface area contributed by atoms with Gasteiger partial charge in [-0.2, -0.15) is 0 Å². The van der Waals surface area contributed by atoms with Crippen LogP contribution in [-0.4, -0.2) is 18.0 Å². The molecule has 2 saturated carbocycles. The van der Waals surface area contributed by atoms with Crippen LogP contribution in [0.3, 0.4) is 0 Å². The molecule has 0 saturated heterocycles. The molecule has 2 fully saturated rings. The molecule has 5 heteroatoms. The van der Waals surface area contributed by atoms with E-state index in [0.29, 0.717) is 22.9 Å². The van der Waals surface area contributed by atoms with Gasteiger partial charge in [0.2, 0.25) is 5.91 Å². The van der Waals surface area contributed by atoms with Crippen LogP contribution in [0.5, 0.6) is 0 Å². The Kier molecular flexibility index (Phi) is 4.18. The molecule has 1 aromatic rings. The zero-order valence-corrected chi connectivity index (χ0v) is 12.6. The summed E-state index contributed by atoms with van der Waals surface area (Å²) in [4.78, 5) is 12.0. The van der Waals surface area contributed by atoms with E-state index in [1.807, 2.05) is 0 Å². The molecule has 0 aliphatic heterocycles. The fourth-order valence-electron chi connectivity index (χ4n) is 3.36. The van der Waals surface area contributed by atoms with E-state index in [1.165, 1.54) is 6.07 Å². The quantitative estimate of drug-likeness (QED) is 0.898. The number of amides is 1. The second kappa shape index (κ2) is 5.93. The van der Waals surface area contributed by atoms with Crippen molar-refractivity contribution in [3.05, 3.63) is 34.6 Å². The van der Waals surface area contributed by atoms with Crippen LogP contribution in [0.4, 0.5) is 4.39 Å². The Balaban J connectivity index is 1.55. The summed E-state index contributed by atoms with van der Waals surface area (Å²) in [6.45, 7) is 0. The van der Waals surface area contributed by atoms with Crippen LogP contribution in [-0.2, 0) is 4.79 Å². The van der Waals surface area contributed by atoms with Gasteiger partial charge >= 0.3 is 0 Å². The van der Waals surface area contributed by atoms with E-state index < -0.39 is 0 Å². The summed E-state index contributed by atoms with van der Waals surface area (Å²) in [5.74, 6) is 0.0264. The summed E-state index contributed by atoms with van der Waals surface area (Å²) in [5, 5.41) is 3.42. The molecule has 0 bridgehead atoms. The minimum atomic E-state index is -0.290. The molecule has 2 aliphatic carbocycles. The molecule has 3 rings (SSSR count). The third-order valence-electron chi connectivity index (χ3n) is 4.67. The summed E-state index contributed by atoms with van der Waals surface area (Å²) < 4.78 is 13.8. The van der Waals surface area contributed by atoms with Crippen molar-refractivity contribution >= 4 is 17.5 Å². The van der Waals surface area contributed by atoms with Gasteiger partial charge in [0.15, 0.2) is 0 Å². The van der Waals surface area contributed by atoms with E-state index in [2.05, 4.69) is 5.32 Å². The number of hydrogen-bond donors (Lipinski definition) is 2. The van der Waals surface area contributed by atoms with Crippen molar-refractivity contribution in [2.24, 2.45) is 11.7 Å². The fourth-order valence-corrected chi connectivity index (χ4v) is 3.66. The Morgan fingerprint density at radius 1 is 1.43 bits per heavy atom. The van der Waals surface area contributed by atoms with Crippen molar-refractivity contribution in [1.29, 1.82) is 0 Å². The summed E-state index contributed by atoms with van der Waals surface area (Å²) in [5.41, 5.74) is 6.51. The van der Waals surface area contributed by atoms with E-state index in [1.54, 1.807) is 12.1 Å². The van der Waals surface area contributed by atoms with Crippen molar-refractivity contribution in [1.82, 2.24) is 5.32 Å². The van der Waals surface area contributed by atoms with Crippen LogP contribution in [0.25, 0.3) is 0 Å². The van der Waals surface area contributed by atoms with Crippen molar-refractivity contribution in [2.75, 3.05) is 0 Å². The number of nitrogens with one attached hydrogen (secondary N) is 1. The van der Waals surface area contributed by atoms with Gasteiger partial charge in [0.05, 0.1) is 0 Å². The van der Waals surface area contributed by atoms with Crippen LogP contribution < -0.4 is 11.1 Å². The molecule has 1 amide bonds. The number of carbonyl (C=O) groups is 1. The van der Waals surface area contributed by atoms with E-state index in [4.69, 9.17) is 17.3 Å². The van der Waals surface area contributed by atoms with Gasteiger partial charge in [-0.25, -0.2) is 4.39 Å². The Hall–Kier alpha value is -1.13. The minimum Gasteiger partial charge on any atom is -0.353 e. The number of benzene rings is 1. The summed E-state index contributed by atoms with van der Waals surface area (Å²) >= 11 is 6.05. The van der Waals surface area contributed by atoms with Gasteiger partial charge in [-0.15, -0.1) is 0 Å². The lowest BCUT2D eigenvalue weighted by molar-refractivity contribution is -0.122. The highest BCUT2D eigenvalue weighted by Crippen LogP contribution is 2.45. The molecule has 2 aliphatic rings. The van der Waals surface area contributed by atoms with E-state index >= 15 is 0 Å². The third kappa shape index (κ3) is 3.22. The number of rotatable bonds is 4. The Labute approximate surface area is 129 Å². The van der Waals surface area contributed by atoms with Crippen LogP contribution in [0.15, 0.2) is 18.2 Å². The normalized spacial score (nSPS) is 31.2. The second-order valence-corrected chi connectivity index (χ2v) is 6.62. The Bertz CT molecular complexity index is 531. The smallest absolute Gasteiger partial charge is 0.220 e. The predicted octanol–water partition coefficient (Wildman–Crippen LogP) is 2.97. The zero-order chi connectivity index (χ0) is 15.0. The van der Waals surface area contributed by atoms with Crippen LogP contribution >= 0.6 is 11.6 Å². The Morgan fingerprint density at radius 3 is 2.90 bits per heavy atom. The molecule has 21 heavy (non-hydrogen) atoms. The van der Waals surface area contributed by atoms with Gasteiger partial charge in [-0.3, -0.25) is 4.79 Å².